The molecule has 4 heteroatoms. The Bertz CT molecular complexity index is 398. The molecular weight excluding hydrogens is 224 g/mol. The number of nitriles is 1. The first-order chi connectivity index (χ1) is 8.79. The van der Waals surface area contributed by atoms with E-state index in [4.69, 9.17) is 5.26 Å². The fraction of sp³-hybridized carbons (Fsp3) is 0.571. The second-order valence-electron chi connectivity index (χ2n) is 4.96. The van der Waals surface area contributed by atoms with Gasteiger partial charge in [-0.1, -0.05) is 6.07 Å². The molecule has 0 aliphatic carbocycles. The summed E-state index contributed by atoms with van der Waals surface area (Å²) >= 11 is 0. The Morgan fingerprint density at radius 2 is 2.39 bits per heavy atom. The van der Waals surface area contributed by atoms with E-state index in [1.807, 2.05) is 12.3 Å². The SMILES string of the molecule is CN1CCCN(Cc2cccnc2)C(CC#N)C1. The summed E-state index contributed by atoms with van der Waals surface area (Å²) in [5, 5.41) is 8.97. The van der Waals surface area contributed by atoms with Crippen LogP contribution in [0.25, 0.3) is 0 Å². The maximum absolute atomic E-state index is 8.97. The van der Waals surface area contributed by atoms with Gasteiger partial charge in [0.25, 0.3) is 0 Å². The van der Waals surface area contributed by atoms with Crippen LogP contribution in [-0.4, -0.2) is 47.5 Å². The lowest BCUT2D eigenvalue weighted by molar-refractivity contribution is 0.183. The first-order valence-corrected chi connectivity index (χ1v) is 6.48. The zero-order valence-corrected chi connectivity index (χ0v) is 10.9. The highest BCUT2D eigenvalue weighted by atomic mass is 15.2. The van der Waals surface area contributed by atoms with Gasteiger partial charge in [0.1, 0.15) is 0 Å². The Kier molecular flexibility index (Phi) is 4.68. The van der Waals surface area contributed by atoms with Crippen molar-refractivity contribution in [2.24, 2.45) is 0 Å². The standard InChI is InChI=1S/C14H20N4/c1-17-8-3-9-18(14(12-17)5-6-15)11-13-4-2-7-16-10-13/h2,4,7,10,14H,3,5,8-9,11-12H2,1H3. The van der Waals surface area contributed by atoms with E-state index in [1.165, 1.54) is 12.0 Å². The first-order valence-electron chi connectivity index (χ1n) is 6.48. The molecule has 1 saturated heterocycles. The molecule has 0 radical (unpaired) electrons. The molecule has 1 aromatic rings. The van der Waals surface area contributed by atoms with Gasteiger partial charge in [-0.2, -0.15) is 5.26 Å². The van der Waals surface area contributed by atoms with Crippen LogP contribution in [0.4, 0.5) is 0 Å². The van der Waals surface area contributed by atoms with Crippen molar-refractivity contribution in [2.75, 3.05) is 26.7 Å². The lowest BCUT2D eigenvalue weighted by atomic mass is 10.1. The van der Waals surface area contributed by atoms with Crippen molar-refractivity contribution in [3.63, 3.8) is 0 Å². The number of nitrogens with zero attached hydrogens (tertiary/aromatic N) is 4. The van der Waals surface area contributed by atoms with E-state index >= 15 is 0 Å². The first kappa shape index (κ1) is 13.0. The van der Waals surface area contributed by atoms with Gasteiger partial charge in [0.05, 0.1) is 12.5 Å². The Morgan fingerprint density at radius 3 is 3.11 bits per heavy atom. The van der Waals surface area contributed by atoms with Crippen molar-refractivity contribution in [1.29, 1.82) is 5.26 Å². The zero-order valence-electron chi connectivity index (χ0n) is 10.9. The Hall–Kier alpha value is -1.44. The Balaban J connectivity index is 2.05. The van der Waals surface area contributed by atoms with Crippen molar-refractivity contribution < 1.29 is 0 Å². The summed E-state index contributed by atoms with van der Waals surface area (Å²) in [6.45, 7) is 4.05. The van der Waals surface area contributed by atoms with E-state index in [1.54, 1.807) is 6.20 Å². The van der Waals surface area contributed by atoms with Crippen molar-refractivity contribution >= 4 is 0 Å². The van der Waals surface area contributed by atoms with Crippen LogP contribution in [0.1, 0.15) is 18.4 Å². The number of rotatable bonds is 3. The normalized spacial score (nSPS) is 22.3. The molecule has 0 amide bonds. The van der Waals surface area contributed by atoms with E-state index in [-0.39, 0.29) is 0 Å². The molecule has 18 heavy (non-hydrogen) atoms. The summed E-state index contributed by atoms with van der Waals surface area (Å²) in [4.78, 5) is 8.90. The van der Waals surface area contributed by atoms with Crippen LogP contribution in [0.3, 0.4) is 0 Å². The second-order valence-corrected chi connectivity index (χ2v) is 4.96. The van der Waals surface area contributed by atoms with Crippen LogP contribution in [0.5, 0.6) is 0 Å². The van der Waals surface area contributed by atoms with E-state index < -0.39 is 0 Å². The molecule has 0 spiro atoms. The molecule has 1 aromatic heterocycles. The van der Waals surface area contributed by atoms with Crippen LogP contribution >= 0.6 is 0 Å². The lowest BCUT2D eigenvalue weighted by Gasteiger charge is -2.29. The highest BCUT2D eigenvalue weighted by molar-refractivity contribution is 5.08. The van der Waals surface area contributed by atoms with Gasteiger partial charge in [-0.25, -0.2) is 0 Å². The quantitative estimate of drug-likeness (QED) is 0.808. The van der Waals surface area contributed by atoms with Crippen molar-refractivity contribution in [2.45, 2.75) is 25.4 Å². The minimum Gasteiger partial charge on any atom is -0.305 e. The molecule has 1 aliphatic rings. The average molecular weight is 244 g/mol. The van der Waals surface area contributed by atoms with Gasteiger partial charge in [-0.15, -0.1) is 0 Å². The molecule has 1 fully saturated rings. The van der Waals surface area contributed by atoms with Gasteiger partial charge in [-0.3, -0.25) is 9.88 Å². The van der Waals surface area contributed by atoms with Crippen molar-refractivity contribution in [1.82, 2.24) is 14.8 Å². The fourth-order valence-corrected chi connectivity index (χ4v) is 2.53. The number of aromatic nitrogens is 1. The summed E-state index contributed by atoms with van der Waals surface area (Å²) in [5.41, 5.74) is 1.23. The molecule has 96 valence electrons. The van der Waals surface area contributed by atoms with Crippen LogP contribution < -0.4 is 0 Å². The molecule has 1 atom stereocenters. The van der Waals surface area contributed by atoms with Crippen LogP contribution in [0, 0.1) is 11.3 Å². The molecule has 2 heterocycles. The monoisotopic (exact) mass is 244 g/mol. The second kappa shape index (κ2) is 6.48. The van der Waals surface area contributed by atoms with Crippen LogP contribution in [0.2, 0.25) is 0 Å². The minimum atomic E-state index is 0.336. The van der Waals surface area contributed by atoms with Crippen LogP contribution in [-0.2, 0) is 6.54 Å². The summed E-state index contributed by atoms with van der Waals surface area (Å²) in [7, 11) is 2.14. The van der Waals surface area contributed by atoms with Gasteiger partial charge in [0.2, 0.25) is 0 Å². The molecule has 1 unspecified atom stereocenters. The summed E-state index contributed by atoms with van der Waals surface area (Å²) in [6, 6.07) is 6.73. The van der Waals surface area contributed by atoms with Gasteiger partial charge in [0.15, 0.2) is 0 Å². The zero-order chi connectivity index (χ0) is 12.8. The number of hydrogen-bond donors (Lipinski definition) is 0. The van der Waals surface area contributed by atoms with Crippen molar-refractivity contribution in [3.05, 3.63) is 30.1 Å². The third-order valence-electron chi connectivity index (χ3n) is 3.46. The highest BCUT2D eigenvalue weighted by Gasteiger charge is 2.23. The molecule has 0 N–H and O–H groups in total. The van der Waals surface area contributed by atoms with Gasteiger partial charge >= 0.3 is 0 Å². The molecule has 2 rings (SSSR count). The largest absolute Gasteiger partial charge is 0.305 e. The summed E-state index contributed by atoms with van der Waals surface area (Å²) in [5.74, 6) is 0. The molecule has 0 saturated carbocycles. The molecular formula is C14H20N4. The topological polar surface area (TPSA) is 43.2 Å². The van der Waals surface area contributed by atoms with Crippen molar-refractivity contribution in [3.8, 4) is 6.07 Å². The van der Waals surface area contributed by atoms with Gasteiger partial charge in [0, 0.05) is 38.1 Å². The number of hydrogen-bond acceptors (Lipinski definition) is 4. The molecule has 4 nitrogen and oxygen atoms in total. The smallest absolute Gasteiger partial charge is 0.0638 e. The maximum atomic E-state index is 8.97. The van der Waals surface area contributed by atoms with Gasteiger partial charge in [-0.05, 0) is 31.6 Å². The number of pyridine rings is 1. The minimum absolute atomic E-state index is 0.336. The summed E-state index contributed by atoms with van der Waals surface area (Å²) < 4.78 is 0. The molecule has 0 bridgehead atoms. The number of likely N-dealkylation sites (N-methyl/N-ethyl adjacent to an activating group) is 1. The third-order valence-corrected chi connectivity index (χ3v) is 3.46. The van der Waals surface area contributed by atoms with Gasteiger partial charge < -0.3 is 4.90 Å². The average Bonchev–Trinajstić information content (AvgIpc) is 2.54. The third kappa shape index (κ3) is 3.52. The fourth-order valence-electron chi connectivity index (χ4n) is 2.53. The molecule has 0 aromatic carbocycles. The van der Waals surface area contributed by atoms with E-state index in [2.05, 4.69) is 34.0 Å². The maximum Gasteiger partial charge on any atom is 0.0638 e. The Labute approximate surface area is 109 Å². The lowest BCUT2D eigenvalue weighted by Crippen LogP contribution is -2.39. The summed E-state index contributed by atoms with van der Waals surface area (Å²) in [6.07, 6.45) is 5.48. The predicted octanol–water partition coefficient (Wildman–Crippen LogP) is 1.50. The Morgan fingerprint density at radius 1 is 1.50 bits per heavy atom. The van der Waals surface area contributed by atoms with Crippen LogP contribution in [0.15, 0.2) is 24.5 Å². The highest BCUT2D eigenvalue weighted by Crippen LogP contribution is 2.15. The molecule has 1 aliphatic heterocycles. The van der Waals surface area contributed by atoms with E-state index in [9.17, 15) is 0 Å². The van der Waals surface area contributed by atoms with E-state index in [0.29, 0.717) is 12.5 Å². The van der Waals surface area contributed by atoms with E-state index in [0.717, 1.165) is 26.2 Å². The predicted molar refractivity (Wildman–Crippen MR) is 70.8 cm³/mol.